The van der Waals surface area contributed by atoms with Gasteiger partial charge in [-0.15, -0.1) is 0 Å². The van der Waals surface area contributed by atoms with Crippen LogP contribution in [0.15, 0.2) is 23.3 Å². The van der Waals surface area contributed by atoms with Gasteiger partial charge >= 0.3 is 11.9 Å². The first-order valence-electron chi connectivity index (χ1n) is 29.6. The zero-order chi connectivity index (χ0) is 53.3. The lowest BCUT2D eigenvalue weighted by atomic mass is 9.45. The summed E-state index contributed by atoms with van der Waals surface area (Å²) < 4.78 is 10.1. The molecule has 0 aliphatic heterocycles. The highest BCUT2D eigenvalue weighted by Gasteiger charge is 2.58. The molecule has 0 aromatic rings. The molecule has 14 fully saturated rings. The van der Waals surface area contributed by atoms with Crippen molar-refractivity contribution in [3.05, 3.63) is 23.3 Å². The molecule has 0 aromatic carbocycles. The van der Waals surface area contributed by atoms with E-state index in [1.165, 1.54) is 102 Å². The van der Waals surface area contributed by atoms with Crippen LogP contribution in [0.5, 0.6) is 0 Å². The van der Waals surface area contributed by atoms with Gasteiger partial charge in [0, 0.05) is 27.1 Å². The van der Waals surface area contributed by atoms with Crippen LogP contribution < -0.4 is 0 Å². The summed E-state index contributed by atoms with van der Waals surface area (Å²) in [7, 11) is 0. The van der Waals surface area contributed by atoms with Gasteiger partial charge in [0.15, 0.2) is 0 Å². The van der Waals surface area contributed by atoms with Crippen molar-refractivity contribution in [2.75, 3.05) is 26.4 Å². The number of aliphatic hydroxyl groups is 4. The molecule has 0 spiro atoms. The quantitative estimate of drug-likeness (QED) is 0.153. The average Bonchev–Trinajstić information content (AvgIpc) is 3.34. The summed E-state index contributed by atoms with van der Waals surface area (Å²) in [5.41, 5.74) is 5.70. The fourth-order valence-corrected chi connectivity index (χ4v) is 18.3. The summed E-state index contributed by atoms with van der Waals surface area (Å²) in [5, 5.41) is 37.5. The molecule has 412 valence electrons. The number of hydrogen-bond acceptors (Lipinski definition) is 8. The fourth-order valence-electron chi connectivity index (χ4n) is 18.3. The minimum Gasteiger partial charge on any atom is -0.461 e. The molecule has 18 aliphatic rings. The molecule has 12 bridgehead atoms. The summed E-state index contributed by atoms with van der Waals surface area (Å²) in [6.07, 6.45) is 22.3. The minimum absolute atomic E-state index is 0.00762. The van der Waals surface area contributed by atoms with E-state index in [1.807, 2.05) is 0 Å². The molecule has 72 heavy (non-hydrogen) atoms. The topological polar surface area (TPSA) is 134 Å². The zero-order valence-electron chi connectivity index (χ0n) is 48.7. The number of esters is 2. The van der Waals surface area contributed by atoms with Gasteiger partial charge in [-0.25, -0.2) is 0 Å². The highest BCUT2D eigenvalue weighted by atomic mass is 16.5. The Hall–Kier alpha value is -1.74. The van der Waals surface area contributed by atoms with Crippen molar-refractivity contribution < 1.29 is 39.5 Å². The van der Waals surface area contributed by atoms with E-state index < -0.39 is 0 Å². The molecule has 14 saturated carbocycles. The van der Waals surface area contributed by atoms with E-state index in [-0.39, 0.29) is 24.1 Å². The van der Waals surface area contributed by atoms with Gasteiger partial charge in [0.05, 0.1) is 12.2 Å². The maximum atomic E-state index is 10.7. The average molecular weight is 1010 g/mol. The highest BCUT2D eigenvalue weighted by molar-refractivity contribution is 5.66. The van der Waals surface area contributed by atoms with Crippen LogP contribution in [0.2, 0.25) is 0 Å². The van der Waals surface area contributed by atoms with Crippen molar-refractivity contribution in [3.8, 4) is 0 Å². The Balaban J connectivity index is 0.000000127. The predicted octanol–water partition coefficient (Wildman–Crippen LogP) is 13.3. The van der Waals surface area contributed by atoms with Crippen LogP contribution in [0.3, 0.4) is 0 Å². The van der Waals surface area contributed by atoms with E-state index in [4.69, 9.17) is 19.7 Å². The molecule has 4 N–H and O–H groups in total. The van der Waals surface area contributed by atoms with Crippen LogP contribution in [0.4, 0.5) is 0 Å². The summed E-state index contributed by atoms with van der Waals surface area (Å²) in [5.74, 6) is 11.8. The number of carbonyl (C=O) groups excluding carboxylic acids is 2. The zero-order valence-corrected chi connectivity index (χ0v) is 48.7. The van der Waals surface area contributed by atoms with Gasteiger partial charge in [0.2, 0.25) is 0 Å². The van der Waals surface area contributed by atoms with E-state index in [0.717, 1.165) is 72.0 Å². The second-order valence-corrected chi connectivity index (χ2v) is 30.0. The first kappa shape index (κ1) is 58.0. The van der Waals surface area contributed by atoms with E-state index >= 15 is 0 Å². The molecular formula is C64H108O8. The van der Waals surface area contributed by atoms with Crippen LogP contribution >= 0.6 is 0 Å². The number of aliphatic hydroxyl groups excluding tert-OH is 4. The van der Waals surface area contributed by atoms with Gasteiger partial charge in [-0.1, -0.05) is 109 Å². The number of rotatable bonds is 6. The van der Waals surface area contributed by atoms with E-state index in [9.17, 15) is 19.8 Å². The van der Waals surface area contributed by atoms with Gasteiger partial charge in [-0.3, -0.25) is 9.59 Å². The second-order valence-electron chi connectivity index (χ2n) is 30.0. The lowest BCUT2D eigenvalue weighted by molar-refractivity contribution is -0.154. The van der Waals surface area contributed by atoms with Crippen molar-refractivity contribution in [2.24, 2.45) is 127 Å². The van der Waals surface area contributed by atoms with Crippen molar-refractivity contribution in [2.45, 2.75) is 213 Å². The van der Waals surface area contributed by atoms with Crippen LogP contribution in [-0.4, -0.2) is 71.0 Å². The number of allylic oxidation sites excluding steroid dienone is 2. The molecule has 18 atom stereocenters. The molecule has 0 saturated heterocycles. The van der Waals surface area contributed by atoms with Crippen LogP contribution in [-0.2, 0) is 19.1 Å². The van der Waals surface area contributed by atoms with Crippen LogP contribution in [0.25, 0.3) is 0 Å². The lowest BCUT2D eigenvalue weighted by Crippen LogP contribution is -2.56. The SMILES string of the molecule is CC(=O)OCC1=CCC2CC1C2(C)C.CC(=O)OCC1=CC[C@@H]2C[C@H]1C2(C)C.CC1(C)C2CCC(CO)C1C2.CC1(C)[C@H]2CC[C@H](CO)[C@@H]1C2.CC1C(O)CC2CC1C2(C)C.C[C@@H]1C(O)C[C@H]2C[C@@H]1C2(C)C. The van der Waals surface area contributed by atoms with E-state index in [0.29, 0.717) is 94.4 Å². The van der Waals surface area contributed by atoms with E-state index in [2.05, 4.69) is 109 Å². The first-order chi connectivity index (χ1) is 33.4. The minimum atomic E-state index is -0.176. The standard InChI is InChI=1S/2C12H18O2.4C10H18O/c2*1-8(13)14-7-9-4-5-10-6-11(9)12(10,2)3;2*1-6-8-4-7(5-9(6)11)10(8,2)3;2*1-10(2)8-4-3-7(6-11)9(10)5-8/h2*4,10-11H,5-7H2,1-3H3;2*6-9,11H,4-5H2,1-3H3;2*7-9,11H,3-6H2,1-2H3/t10-,11-;;6-,7+,8-,9?;;7-,8+,9+;/m1.0.1./s1. The Morgan fingerprint density at radius 1 is 0.458 bits per heavy atom. The van der Waals surface area contributed by atoms with Gasteiger partial charge in [0.1, 0.15) is 13.2 Å². The molecule has 0 aromatic heterocycles. The van der Waals surface area contributed by atoms with Crippen LogP contribution in [0, 0.1) is 127 Å². The Bertz CT molecular complexity index is 1790. The molecule has 10 unspecified atom stereocenters. The fraction of sp³-hybridized carbons (Fsp3) is 0.906. The summed E-state index contributed by atoms with van der Waals surface area (Å²) in [6.45, 7) is 37.4. The molecule has 0 amide bonds. The maximum Gasteiger partial charge on any atom is 0.302 e. The normalized spacial score (nSPS) is 43.4. The highest BCUT2D eigenvalue weighted by Crippen LogP contribution is 2.65. The smallest absolute Gasteiger partial charge is 0.302 e. The molecule has 0 radical (unpaired) electrons. The third kappa shape index (κ3) is 10.9. The monoisotopic (exact) mass is 1000 g/mol. The number of ether oxygens (including phenoxy) is 2. The molecule has 18 aliphatic carbocycles. The maximum absolute atomic E-state index is 10.7. The second kappa shape index (κ2) is 21.6. The third-order valence-corrected chi connectivity index (χ3v) is 25.1. The Kier molecular flexibility index (Phi) is 17.4. The Morgan fingerprint density at radius 3 is 0.986 bits per heavy atom. The molecule has 18 rings (SSSR count). The predicted molar refractivity (Wildman–Crippen MR) is 290 cm³/mol. The summed E-state index contributed by atoms with van der Waals surface area (Å²) >= 11 is 0. The largest absolute Gasteiger partial charge is 0.461 e. The van der Waals surface area contributed by atoms with Crippen molar-refractivity contribution in [3.63, 3.8) is 0 Å². The number of carbonyl (C=O) groups is 2. The van der Waals surface area contributed by atoms with Crippen molar-refractivity contribution in [1.29, 1.82) is 0 Å². The summed E-state index contributed by atoms with van der Waals surface area (Å²) in [6, 6.07) is 0. The van der Waals surface area contributed by atoms with E-state index in [1.54, 1.807) is 0 Å². The Labute approximate surface area is 439 Å². The Morgan fingerprint density at radius 2 is 0.778 bits per heavy atom. The van der Waals surface area contributed by atoms with Gasteiger partial charge in [-0.05, 0) is 228 Å². The van der Waals surface area contributed by atoms with Gasteiger partial charge in [-0.2, -0.15) is 0 Å². The number of fused-ring (bicyclic) bond motifs is 10. The molecule has 0 heterocycles. The van der Waals surface area contributed by atoms with Crippen molar-refractivity contribution in [1.82, 2.24) is 0 Å². The third-order valence-electron chi connectivity index (χ3n) is 25.1. The van der Waals surface area contributed by atoms with Crippen molar-refractivity contribution >= 4 is 11.9 Å². The molecular weight excluding hydrogens is 897 g/mol. The van der Waals surface area contributed by atoms with Gasteiger partial charge < -0.3 is 29.9 Å². The first-order valence-corrected chi connectivity index (χ1v) is 29.6. The number of hydrogen-bond donors (Lipinski definition) is 4. The lowest BCUT2D eigenvalue weighted by Gasteiger charge is -2.61. The van der Waals surface area contributed by atoms with Gasteiger partial charge in [0.25, 0.3) is 0 Å². The molecule has 8 heteroatoms. The van der Waals surface area contributed by atoms with Crippen LogP contribution in [0.1, 0.15) is 201 Å². The summed E-state index contributed by atoms with van der Waals surface area (Å²) in [4.78, 5) is 21.4. The molecule has 8 nitrogen and oxygen atoms in total.